The Morgan fingerprint density at radius 2 is 2.25 bits per heavy atom. The SMILES string of the molecule is CC1=C=CC=C(C)O1. The topological polar surface area (TPSA) is 9.23 Å². The smallest absolute Gasteiger partial charge is 0.142 e. The van der Waals surface area contributed by atoms with Crippen LogP contribution >= 0.6 is 0 Å². The molecule has 0 atom stereocenters. The van der Waals surface area contributed by atoms with Crippen molar-refractivity contribution in [1.29, 1.82) is 0 Å². The highest BCUT2D eigenvalue weighted by molar-refractivity contribution is 5.13. The van der Waals surface area contributed by atoms with Gasteiger partial charge in [-0.25, -0.2) is 0 Å². The van der Waals surface area contributed by atoms with E-state index in [1.165, 1.54) is 0 Å². The van der Waals surface area contributed by atoms with Crippen LogP contribution in [0.1, 0.15) is 13.8 Å². The normalized spacial score (nSPS) is 16.8. The zero-order valence-corrected chi connectivity index (χ0v) is 5.06. The summed E-state index contributed by atoms with van der Waals surface area (Å²) in [6.45, 7) is 3.80. The maximum absolute atomic E-state index is 5.12. The van der Waals surface area contributed by atoms with Crippen LogP contribution in [0.4, 0.5) is 0 Å². The van der Waals surface area contributed by atoms with Gasteiger partial charge in [-0.3, -0.25) is 0 Å². The molecule has 0 aliphatic carbocycles. The first-order valence-corrected chi connectivity index (χ1v) is 2.57. The van der Waals surface area contributed by atoms with Crippen molar-refractivity contribution in [2.45, 2.75) is 13.8 Å². The summed E-state index contributed by atoms with van der Waals surface area (Å²) in [7, 11) is 0. The van der Waals surface area contributed by atoms with Crippen molar-refractivity contribution in [3.8, 4) is 0 Å². The molecule has 0 fully saturated rings. The van der Waals surface area contributed by atoms with Crippen LogP contribution in [-0.2, 0) is 4.74 Å². The van der Waals surface area contributed by atoms with E-state index in [9.17, 15) is 0 Å². The fourth-order valence-corrected chi connectivity index (χ4v) is 0.581. The number of ether oxygens (including phenoxy) is 1. The highest BCUT2D eigenvalue weighted by Gasteiger charge is 1.91. The highest BCUT2D eigenvalue weighted by Crippen LogP contribution is 2.06. The summed E-state index contributed by atoms with van der Waals surface area (Å²) >= 11 is 0. The largest absolute Gasteiger partial charge is 0.458 e. The van der Waals surface area contributed by atoms with Crippen LogP contribution in [0.5, 0.6) is 0 Å². The Balaban J connectivity index is 2.83. The van der Waals surface area contributed by atoms with E-state index in [1.807, 2.05) is 26.0 Å². The molecular formula is C7H8O. The zero-order chi connectivity index (χ0) is 5.98. The molecule has 0 aromatic carbocycles. The monoisotopic (exact) mass is 108 g/mol. The zero-order valence-electron chi connectivity index (χ0n) is 5.06. The van der Waals surface area contributed by atoms with Gasteiger partial charge >= 0.3 is 0 Å². The third kappa shape index (κ3) is 1.02. The average molecular weight is 108 g/mol. The van der Waals surface area contributed by atoms with Gasteiger partial charge in [-0.1, -0.05) is 5.73 Å². The van der Waals surface area contributed by atoms with Crippen LogP contribution in [0.15, 0.2) is 29.4 Å². The maximum Gasteiger partial charge on any atom is 0.142 e. The molecule has 0 amide bonds. The van der Waals surface area contributed by atoms with Gasteiger partial charge in [0.2, 0.25) is 0 Å². The fraction of sp³-hybridized carbons (Fsp3) is 0.286. The van der Waals surface area contributed by atoms with E-state index >= 15 is 0 Å². The van der Waals surface area contributed by atoms with E-state index < -0.39 is 0 Å². The minimum atomic E-state index is 0.838. The van der Waals surface area contributed by atoms with E-state index in [2.05, 4.69) is 5.73 Å². The van der Waals surface area contributed by atoms with E-state index in [0.717, 1.165) is 11.5 Å². The first-order chi connectivity index (χ1) is 3.79. The minimum absolute atomic E-state index is 0.838. The second-order valence-corrected chi connectivity index (χ2v) is 1.75. The molecule has 1 heterocycles. The van der Waals surface area contributed by atoms with Crippen LogP contribution in [0, 0.1) is 0 Å². The molecule has 0 aromatic heterocycles. The third-order valence-electron chi connectivity index (χ3n) is 0.919. The Morgan fingerprint density at radius 3 is 2.62 bits per heavy atom. The number of rotatable bonds is 0. The molecule has 0 spiro atoms. The first kappa shape index (κ1) is 5.20. The Labute approximate surface area is 49.0 Å². The molecule has 1 heteroatoms. The summed E-state index contributed by atoms with van der Waals surface area (Å²) in [4.78, 5) is 0. The lowest BCUT2D eigenvalue weighted by Gasteiger charge is -2.03. The van der Waals surface area contributed by atoms with Crippen molar-refractivity contribution in [2.75, 3.05) is 0 Å². The molecule has 1 rings (SSSR count). The highest BCUT2D eigenvalue weighted by atomic mass is 16.5. The van der Waals surface area contributed by atoms with E-state index in [0.29, 0.717) is 0 Å². The lowest BCUT2D eigenvalue weighted by Crippen LogP contribution is -1.85. The summed E-state index contributed by atoms with van der Waals surface area (Å²) in [5, 5.41) is 0. The molecule has 0 bridgehead atoms. The molecule has 0 aromatic rings. The molecule has 0 unspecified atom stereocenters. The van der Waals surface area contributed by atoms with Crippen LogP contribution in [0.2, 0.25) is 0 Å². The first-order valence-electron chi connectivity index (χ1n) is 2.57. The van der Waals surface area contributed by atoms with Crippen LogP contribution in [0.25, 0.3) is 0 Å². The van der Waals surface area contributed by atoms with E-state index in [-0.39, 0.29) is 0 Å². The van der Waals surface area contributed by atoms with Gasteiger partial charge in [-0.2, -0.15) is 0 Å². The van der Waals surface area contributed by atoms with Crippen molar-refractivity contribution in [3.05, 3.63) is 29.4 Å². The van der Waals surface area contributed by atoms with Crippen LogP contribution < -0.4 is 0 Å². The molecule has 0 N–H and O–H groups in total. The van der Waals surface area contributed by atoms with Gasteiger partial charge in [-0.15, -0.1) is 0 Å². The molecule has 0 saturated carbocycles. The summed E-state index contributed by atoms with van der Waals surface area (Å²) < 4.78 is 5.12. The quantitative estimate of drug-likeness (QED) is 0.431. The van der Waals surface area contributed by atoms with E-state index in [4.69, 9.17) is 4.74 Å². The summed E-state index contributed by atoms with van der Waals surface area (Å²) in [6.07, 6.45) is 3.74. The Bertz CT molecular complexity index is 181. The van der Waals surface area contributed by atoms with Crippen molar-refractivity contribution < 1.29 is 4.74 Å². The second kappa shape index (κ2) is 1.89. The van der Waals surface area contributed by atoms with Gasteiger partial charge in [0.25, 0.3) is 0 Å². The Morgan fingerprint density at radius 1 is 1.50 bits per heavy atom. The molecule has 1 aliphatic rings. The van der Waals surface area contributed by atoms with Crippen LogP contribution in [0.3, 0.4) is 0 Å². The Hall–Kier alpha value is -0.940. The average Bonchev–Trinajstić information content (AvgIpc) is 1.64. The molecule has 1 nitrogen and oxygen atoms in total. The van der Waals surface area contributed by atoms with Gasteiger partial charge in [0.1, 0.15) is 11.5 Å². The number of hydrogen-bond acceptors (Lipinski definition) is 1. The molecule has 0 radical (unpaired) electrons. The van der Waals surface area contributed by atoms with Gasteiger partial charge in [0, 0.05) is 6.92 Å². The predicted molar refractivity (Wildman–Crippen MR) is 32.1 cm³/mol. The molecule has 42 valence electrons. The lowest BCUT2D eigenvalue weighted by molar-refractivity contribution is 0.307. The predicted octanol–water partition coefficient (Wildman–Crippen LogP) is 1.98. The van der Waals surface area contributed by atoms with Gasteiger partial charge < -0.3 is 4.74 Å². The van der Waals surface area contributed by atoms with Crippen molar-refractivity contribution in [2.24, 2.45) is 0 Å². The van der Waals surface area contributed by atoms with Crippen molar-refractivity contribution >= 4 is 0 Å². The molecule has 8 heavy (non-hydrogen) atoms. The van der Waals surface area contributed by atoms with Gasteiger partial charge in [0.15, 0.2) is 0 Å². The fourth-order valence-electron chi connectivity index (χ4n) is 0.581. The summed E-state index contributed by atoms with van der Waals surface area (Å²) in [5.74, 6) is 1.77. The van der Waals surface area contributed by atoms with Gasteiger partial charge in [0.05, 0.1) is 0 Å². The third-order valence-corrected chi connectivity index (χ3v) is 0.919. The minimum Gasteiger partial charge on any atom is -0.458 e. The molecule has 1 aliphatic heterocycles. The van der Waals surface area contributed by atoms with Gasteiger partial charge in [-0.05, 0) is 19.1 Å². The Kier molecular flexibility index (Phi) is 1.23. The standard InChI is InChI=1S/C7H8O/c1-6-4-3-5-7(2)8-6/h3-4H,1-2H3. The summed E-state index contributed by atoms with van der Waals surface area (Å²) in [5.41, 5.74) is 2.91. The summed E-state index contributed by atoms with van der Waals surface area (Å²) in [6, 6.07) is 0. The number of allylic oxidation sites excluding steroid dienone is 3. The molecule has 0 saturated heterocycles. The van der Waals surface area contributed by atoms with Crippen LogP contribution in [-0.4, -0.2) is 0 Å². The second-order valence-electron chi connectivity index (χ2n) is 1.75. The molecular weight excluding hydrogens is 100 g/mol. The number of hydrogen-bond donors (Lipinski definition) is 0. The lowest BCUT2D eigenvalue weighted by atomic mass is 10.4. The van der Waals surface area contributed by atoms with Crippen molar-refractivity contribution in [3.63, 3.8) is 0 Å². The van der Waals surface area contributed by atoms with E-state index in [1.54, 1.807) is 0 Å². The van der Waals surface area contributed by atoms with Crippen molar-refractivity contribution in [1.82, 2.24) is 0 Å². The maximum atomic E-state index is 5.12.